The van der Waals surface area contributed by atoms with Crippen LogP contribution in [-0.4, -0.2) is 34.7 Å². The lowest BCUT2D eigenvalue weighted by molar-refractivity contribution is 0.344. The van der Waals surface area contributed by atoms with Crippen LogP contribution in [0.3, 0.4) is 0 Å². The van der Waals surface area contributed by atoms with Crippen molar-refractivity contribution in [3.63, 3.8) is 0 Å². The summed E-state index contributed by atoms with van der Waals surface area (Å²) in [6, 6.07) is 15.1. The van der Waals surface area contributed by atoms with Gasteiger partial charge < -0.3 is 9.47 Å². The molecule has 0 radical (unpaired) electrons. The van der Waals surface area contributed by atoms with E-state index in [2.05, 4.69) is 15.2 Å². The molecule has 7 heteroatoms. The van der Waals surface area contributed by atoms with Crippen LogP contribution in [0.1, 0.15) is 0 Å². The molecule has 0 bridgehead atoms. The van der Waals surface area contributed by atoms with Gasteiger partial charge in [0, 0.05) is 11.3 Å². The highest BCUT2D eigenvalue weighted by Gasteiger charge is 2.07. The molecular weight excluding hydrogens is 346 g/mol. The predicted octanol–water partition coefficient (Wildman–Crippen LogP) is 4.30. The highest BCUT2D eigenvalue weighted by atomic mass is 35.5. The average Bonchev–Trinajstić information content (AvgIpc) is 3.09. The van der Waals surface area contributed by atoms with Gasteiger partial charge in [-0.3, -0.25) is 5.10 Å². The number of hydrogen-bond acceptors (Lipinski definition) is 5. The number of nitrogens with one attached hydrogen (secondary N) is 1. The molecule has 1 heterocycles. The Bertz CT molecular complexity index is 793. The fourth-order valence-corrected chi connectivity index (χ4v) is 2.84. The first-order valence-corrected chi connectivity index (χ1v) is 8.69. The van der Waals surface area contributed by atoms with Gasteiger partial charge in [-0.05, 0) is 36.4 Å². The molecule has 2 aromatic carbocycles. The van der Waals surface area contributed by atoms with E-state index in [1.54, 1.807) is 13.2 Å². The Kier molecular flexibility index (Phi) is 5.61. The van der Waals surface area contributed by atoms with Crippen molar-refractivity contribution in [1.82, 2.24) is 15.2 Å². The van der Waals surface area contributed by atoms with Gasteiger partial charge in [-0.1, -0.05) is 35.5 Å². The summed E-state index contributed by atoms with van der Waals surface area (Å²) in [6.07, 6.45) is 0. The Labute approximate surface area is 149 Å². The number of benzene rings is 2. The molecule has 0 spiro atoms. The molecule has 0 aliphatic heterocycles. The van der Waals surface area contributed by atoms with Crippen LogP contribution < -0.4 is 9.47 Å². The third-order valence-corrected chi connectivity index (χ3v) is 4.36. The van der Waals surface area contributed by atoms with Gasteiger partial charge in [0.2, 0.25) is 5.16 Å². The van der Waals surface area contributed by atoms with Gasteiger partial charge in [-0.2, -0.15) is 0 Å². The number of rotatable bonds is 7. The van der Waals surface area contributed by atoms with Crippen molar-refractivity contribution in [1.29, 1.82) is 0 Å². The lowest BCUT2D eigenvalue weighted by Crippen LogP contribution is -2.00. The monoisotopic (exact) mass is 361 g/mol. The molecule has 0 unspecified atom stereocenters. The van der Waals surface area contributed by atoms with E-state index in [0.29, 0.717) is 22.5 Å². The zero-order valence-electron chi connectivity index (χ0n) is 13.0. The van der Waals surface area contributed by atoms with Crippen molar-refractivity contribution in [3.8, 4) is 22.9 Å². The lowest BCUT2D eigenvalue weighted by Gasteiger charge is -2.06. The van der Waals surface area contributed by atoms with Crippen LogP contribution in [0.25, 0.3) is 11.4 Å². The van der Waals surface area contributed by atoms with Crippen molar-refractivity contribution in [3.05, 3.63) is 53.6 Å². The van der Waals surface area contributed by atoms with Crippen molar-refractivity contribution < 1.29 is 9.47 Å². The van der Waals surface area contributed by atoms with Gasteiger partial charge in [-0.15, -0.1) is 5.10 Å². The molecule has 24 heavy (non-hydrogen) atoms. The lowest BCUT2D eigenvalue weighted by atomic mass is 10.2. The van der Waals surface area contributed by atoms with Crippen molar-refractivity contribution in [2.24, 2.45) is 0 Å². The molecule has 0 saturated carbocycles. The second-order valence-corrected chi connectivity index (χ2v) is 6.29. The SMILES string of the molecule is COc1ccc(-c2nc(SCCOc3ccccc3Cl)n[nH]2)cc1. The maximum Gasteiger partial charge on any atom is 0.208 e. The number of hydrogen-bond donors (Lipinski definition) is 1. The second kappa shape index (κ2) is 8.08. The molecule has 3 rings (SSSR count). The van der Waals surface area contributed by atoms with Crippen LogP contribution in [0.15, 0.2) is 53.7 Å². The number of thioether (sulfide) groups is 1. The van der Waals surface area contributed by atoms with Crippen molar-refractivity contribution in [2.75, 3.05) is 19.5 Å². The summed E-state index contributed by atoms with van der Waals surface area (Å²) in [5.74, 6) is 2.95. The highest BCUT2D eigenvalue weighted by Crippen LogP contribution is 2.24. The number of aromatic amines is 1. The number of aromatic nitrogens is 3. The zero-order chi connectivity index (χ0) is 16.8. The molecule has 0 fully saturated rings. The zero-order valence-corrected chi connectivity index (χ0v) is 14.6. The predicted molar refractivity (Wildman–Crippen MR) is 96.0 cm³/mol. The van der Waals surface area contributed by atoms with Gasteiger partial charge in [0.25, 0.3) is 0 Å². The molecule has 5 nitrogen and oxygen atoms in total. The van der Waals surface area contributed by atoms with E-state index in [4.69, 9.17) is 21.1 Å². The Morgan fingerprint density at radius 2 is 1.92 bits per heavy atom. The van der Waals surface area contributed by atoms with Gasteiger partial charge in [0.05, 0.1) is 18.7 Å². The van der Waals surface area contributed by atoms with Crippen LogP contribution >= 0.6 is 23.4 Å². The molecule has 1 N–H and O–H groups in total. The smallest absolute Gasteiger partial charge is 0.208 e. The van der Waals surface area contributed by atoms with E-state index in [-0.39, 0.29) is 0 Å². The van der Waals surface area contributed by atoms with E-state index >= 15 is 0 Å². The first-order valence-electron chi connectivity index (χ1n) is 7.33. The summed E-state index contributed by atoms with van der Waals surface area (Å²) in [5.41, 5.74) is 0.961. The van der Waals surface area contributed by atoms with Gasteiger partial charge in [0.1, 0.15) is 11.5 Å². The van der Waals surface area contributed by atoms with E-state index in [9.17, 15) is 0 Å². The maximum atomic E-state index is 6.04. The summed E-state index contributed by atoms with van der Waals surface area (Å²) in [5, 5.41) is 8.45. The summed E-state index contributed by atoms with van der Waals surface area (Å²) < 4.78 is 10.8. The molecule has 0 aliphatic carbocycles. The minimum absolute atomic E-state index is 0.529. The van der Waals surface area contributed by atoms with Gasteiger partial charge in [0.15, 0.2) is 5.82 Å². The standard InChI is InChI=1S/C17H16ClN3O2S/c1-22-13-8-6-12(7-9-13)16-19-17(21-20-16)24-11-10-23-15-5-3-2-4-14(15)18/h2-9H,10-11H2,1H3,(H,19,20,21). The third-order valence-electron chi connectivity index (χ3n) is 3.24. The van der Waals surface area contributed by atoms with Crippen LogP contribution in [0.5, 0.6) is 11.5 Å². The average molecular weight is 362 g/mol. The Hall–Kier alpha value is -2.18. The van der Waals surface area contributed by atoms with Crippen LogP contribution in [0, 0.1) is 0 Å². The Morgan fingerprint density at radius 3 is 2.67 bits per heavy atom. The minimum Gasteiger partial charge on any atom is -0.497 e. The fourth-order valence-electron chi connectivity index (χ4n) is 2.04. The first kappa shape index (κ1) is 16.7. The van der Waals surface area contributed by atoms with Crippen molar-refractivity contribution in [2.45, 2.75) is 5.16 Å². The molecule has 3 aromatic rings. The Balaban J connectivity index is 1.51. The molecule has 0 atom stereocenters. The number of ether oxygens (including phenoxy) is 2. The third kappa shape index (κ3) is 4.21. The van der Waals surface area contributed by atoms with Crippen LogP contribution in [-0.2, 0) is 0 Å². The van der Waals surface area contributed by atoms with Gasteiger partial charge >= 0.3 is 0 Å². The van der Waals surface area contributed by atoms with E-state index in [0.717, 1.165) is 22.9 Å². The number of para-hydroxylation sites is 1. The second-order valence-electron chi connectivity index (χ2n) is 4.82. The largest absolute Gasteiger partial charge is 0.497 e. The van der Waals surface area contributed by atoms with E-state index in [1.807, 2.05) is 42.5 Å². The number of halogens is 1. The molecule has 0 aliphatic rings. The van der Waals surface area contributed by atoms with Crippen LogP contribution in [0.2, 0.25) is 5.02 Å². The first-order chi connectivity index (χ1) is 11.8. The summed E-state index contributed by atoms with van der Waals surface area (Å²) in [6.45, 7) is 0.529. The number of nitrogens with zero attached hydrogens (tertiary/aromatic N) is 2. The van der Waals surface area contributed by atoms with E-state index < -0.39 is 0 Å². The highest BCUT2D eigenvalue weighted by molar-refractivity contribution is 7.99. The Morgan fingerprint density at radius 1 is 1.12 bits per heavy atom. The summed E-state index contributed by atoms with van der Waals surface area (Å²) in [7, 11) is 1.64. The van der Waals surface area contributed by atoms with Gasteiger partial charge in [-0.25, -0.2) is 4.98 Å². The van der Waals surface area contributed by atoms with E-state index in [1.165, 1.54) is 11.8 Å². The van der Waals surface area contributed by atoms with Crippen LogP contribution in [0.4, 0.5) is 0 Å². The molecule has 1 aromatic heterocycles. The molecule has 124 valence electrons. The molecule has 0 saturated heterocycles. The summed E-state index contributed by atoms with van der Waals surface area (Å²) in [4.78, 5) is 4.47. The number of H-pyrrole nitrogens is 1. The maximum absolute atomic E-state index is 6.04. The number of methoxy groups -OCH3 is 1. The quantitative estimate of drug-likeness (QED) is 0.502. The fraction of sp³-hybridized carbons (Fsp3) is 0.176. The minimum atomic E-state index is 0.529. The normalized spacial score (nSPS) is 10.6. The summed E-state index contributed by atoms with van der Waals surface area (Å²) >= 11 is 7.56. The topological polar surface area (TPSA) is 60.0 Å². The molecule has 0 amide bonds. The van der Waals surface area contributed by atoms with Crippen molar-refractivity contribution >= 4 is 23.4 Å². The molecular formula is C17H16ClN3O2S.